The normalized spacial score (nSPS) is 10.8. The van der Waals surface area contributed by atoms with Crippen LogP contribution < -0.4 is 14.8 Å². The Kier molecular flexibility index (Phi) is 4.92. The number of ether oxygens (including phenoxy) is 2. The maximum absolute atomic E-state index is 5.27. The SMILES string of the molecule is COc1cc(OC)cc(-c2nnc(CNC(C)C)s2)c1. The van der Waals surface area contributed by atoms with E-state index < -0.39 is 0 Å². The van der Waals surface area contributed by atoms with Gasteiger partial charge in [-0.1, -0.05) is 25.2 Å². The molecule has 20 heavy (non-hydrogen) atoms. The lowest BCUT2D eigenvalue weighted by Crippen LogP contribution is -2.21. The maximum atomic E-state index is 5.27. The van der Waals surface area contributed by atoms with E-state index in [0.717, 1.165) is 33.6 Å². The molecule has 2 aromatic rings. The molecule has 0 amide bonds. The van der Waals surface area contributed by atoms with E-state index in [2.05, 4.69) is 29.4 Å². The predicted octanol–water partition coefficient (Wildman–Crippen LogP) is 2.72. The van der Waals surface area contributed by atoms with E-state index in [0.29, 0.717) is 6.04 Å². The lowest BCUT2D eigenvalue weighted by Gasteiger charge is -2.06. The summed E-state index contributed by atoms with van der Waals surface area (Å²) in [6, 6.07) is 6.14. The minimum Gasteiger partial charge on any atom is -0.497 e. The molecule has 0 bridgehead atoms. The topological polar surface area (TPSA) is 56.3 Å². The van der Waals surface area contributed by atoms with E-state index >= 15 is 0 Å². The molecule has 5 nitrogen and oxygen atoms in total. The second-order valence-electron chi connectivity index (χ2n) is 4.64. The minimum absolute atomic E-state index is 0.430. The Balaban J connectivity index is 2.22. The summed E-state index contributed by atoms with van der Waals surface area (Å²) in [5.41, 5.74) is 0.953. The van der Waals surface area contributed by atoms with Gasteiger partial charge in [0.05, 0.1) is 14.2 Å². The van der Waals surface area contributed by atoms with Gasteiger partial charge in [0, 0.05) is 24.2 Å². The highest BCUT2D eigenvalue weighted by Gasteiger charge is 2.10. The number of nitrogens with one attached hydrogen (secondary N) is 1. The molecule has 0 saturated carbocycles. The second kappa shape index (κ2) is 6.67. The molecule has 0 fully saturated rings. The highest BCUT2D eigenvalue weighted by molar-refractivity contribution is 7.14. The predicted molar refractivity (Wildman–Crippen MR) is 80.4 cm³/mol. The third-order valence-corrected chi connectivity index (χ3v) is 3.70. The van der Waals surface area contributed by atoms with Crippen molar-refractivity contribution in [2.45, 2.75) is 26.4 Å². The molecule has 2 rings (SSSR count). The van der Waals surface area contributed by atoms with Crippen LogP contribution in [0.3, 0.4) is 0 Å². The summed E-state index contributed by atoms with van der Waals surface area (Å²) < 4.78 is 10.5. The molecule has 0 spiro atoms. The van der Waals surface area contributed by atoms with Crippen LogP contribution in [0.15, 0.2) is 18.2 Å². The van der Waals surface area contributed by atoms with Gasteiger partial charge >= 0.3 is 0 Å². The van der Waals surface area contributed by atoms with Crippen LogP contribution in [-0.4, -0.2) is 30.5 Å². The first-order valence-corrected chi connectivity index (χ1v) is 7.23. The van der Waals surface area contributed by atoms with Gasteiger partial charge < -0.3 is 14.8 Å². The summed E-state index contributed by atoms with van der Waals surface area (Å²) in [4.78, 5) is 0. The van der Waals surface area contributed by atoms with Gasteiger partial charge in [-0.05, 0) is 12.1 Å². The summed E-state index contributed by atoms with van der Waals surface area (Å²) >= 11 is 1.57. The first kappa shape index (κ1) is 14.7. The summed E-state index contributed by atoms with van der Waals surface area (Å²) in [5, 5.41) is 13.6. The van der Waals surface area contributed by atoms with Gasteiger partial charge in [0.1, 0.15) is 21.5 Å². The average molecular weight is 293 g/mol. The number of nitrogens with zero attached hydrogens (tertiary/aromatic N) is 2. The van der Waals surface area contributed by atoms with Gasteiger partial charge in [-0.2, -0.15) is 0 Å². The van der Waals surface area contributed by atoms with E-state index in [4.69, 9.17) is 9.47 Å². The summed E-state index contributed by atoms with van der Waals surface area (Å²) in [7, 11) is 3.27. The van der Waals surface area contributed by atoms with Crippen molar-refractivity contribution >= 4 is 11.3 Å². The molecule has 0 atom stereocenters. The molecule has 108 valence electrons. The Bertz CT molecular complexity index is 547. The third-order valence-electron chi connectivity index (χ3n) is 2.73. The molecule has 6 heteroatoms. The summed E-state index contributed by atoms with van der Waals surface area (Å²) in [6.45, 7) is 4.94. The van der Waals surface area contributed by atoms with Crippen LogP contribution in [0.2, 0.25) is 0 Å². The molecule has 1 aromatic heterocycles. The molecule has 0 radical (unpaired) electrons. The number of benzene rings is 1. The molecule has 1 N–H and O–H groups in total. The average Bonchev–Trinajstić information content (AvgIpc) is 2.93. The lowest BCUT2D eigenvalue weighted by molar-refractivity contribution is 0.394. The molecule has 0 saturated heterocycles. The van der Waals surface area contributed by atoms with Crippen LogP contribution >= 0.6 is 11.3 Å². The van der Waals surface area contributed by atoms with Crippen molar-refractivity contribution in [3.63, 3.8) is 0 Å². The molecule has 1 aromatic carbocycles. The molecule has 0 aliphatic heterocycles. The largest absolute Gasteiger partial charge is 0.497 e. The van der Waals surface area contributed by atoms with E-state index in [1.165, 1.54) is 0 Å². The van der Waals surface area contributed by atoms with Gasteiger partial charge in [0.25, 0.3) is 0 Å². The maximum Gasteiger partial charge on any atom is 0.148 e. The van der Waals surface area contributed by atoms with Crippen molar-refractivity contribution < 1.29 is 9.47 Å². The number of hydrogen-bond acceptors (Lipinski definition) is 6. The van der Waals surface area contributed by atoms with E-state index in [1.54, 1.807) is 25.6 Å². The summed E-state index contributed by atoms with van der Waals surface area (Å²) in [6.07, 6.45) is 0. The van der Waals surface area contributed by atoms with Crippen molar-refractivity contribution in [2.75, 3.05) is 14.2 Å². The van der Waals surface area contributed by atoms with Crippen molar-refractivity contribution in [3.8, 4) is 22.1 Å². The number of aromatic nitrogens is 2. The van der Waals surface area contributed by atoms with Gasteiger partial charge in [0.15, 0.2) is 0 Å². The number of rotatable bonds is 6. The van der Waals surface area contributed by atoms with Crippen LogP contribution in [0.5, 0.6) is 11.5 Å². The number of methoxy groups -OCH3 is 2. The van der Waals surface area contributed by atoms with Crippen LogP contribution in [0.4, 0.5) is 0 Å². The quantitative estimate of drug-likeness (QED) is 0.887. The van der Waals surface area contributed by atoms with Crippen LogP contribution in [0.25, 0.3) is 10.6 Å². The molecule has 0 aliphatic carbocycles. The monoisotopic (exact) mass is 293 g/mol. The van der Waals surface area contributed by atoms with Crippen molar-refractivity contribution in [3.05, 3.63) is 23.2 Å². The van der Waals surface area contributed by atoms with Crippen LogP contribution in [0.1, 0.15) is 18.9 Å². The molecular formula is C14H19N3O2S. The Morgan fingerprint density at radius 2 is 1.75 bits per heavy atom. The Morgan fingerprint density at radius 1 is 1.10 bits per heavy atom. The Hall–Kier alpha value is -1.66. The standard InChI is InChI=1S/C14H19N3O2S/c1-9(2)15-8-13-16-17-14(20-13)10-5-11(18-3)7-12(6-10)19-4/h5-7,9,15H,8H2,1-4H3. The fraction of sp³-hybridized carbons (Fsp3) is 0.429. The van der Waals surface area contributed by atoms with E-state index in [9.17, 15) is 0 Å². The smallest absolute Gasteiger partial charge is 0.148 e. The molecular weight excluding hydrogens is 274 g/mol. The molecule has 0 aliphatic rings. The zero-order valence-corrected chi connectivity index (χ0v) is 13.0. The Labute approximate surface area is 123 Å². The highest BCUT2D eigenvalue weighted by Crippen LogP contribution is 2.31. The zero-order valence-electron chi connectivity index (χ0n) is 12.1. The van der Waals surface area contributed by atoms with Crippen molar-refractivity contribution in [2.24, 2.45) is 0 Å². The summed E-state index contributed by atoms with van der Waals surface area (Å²) in [5.74, 6) is 1.49. The van der Waals surface area contributed by atoms with Crippen LogP contribution in [0, 0.1) is 0 Å². The van der Waals surface area contributed by atoms with Gasteiger partial charge in [0.2, 0.25) is 0 Å². The second-order valence-corrected chi connectivity index (χ2v) is 5.70. The fourth-order valence-electron chi connectivity index (χ4n) is 1.66. The molecule has 0 unspecified atom stereocenters. The van der Waals surface area contributed by atoms with Crippen LogP contribution in [-0.2, 0) is 6.54 Å². The van der Waals surface area contributed by atoms with Crippen molar-refractivity contribution in [1.82, 2.24) is 15.5 Å². The first-order chi connectivity index (χ1) is 9.62. The van der Waals surface area contributed by atoms with Crippen molar-refractivity contribution in [1.29, 1.82) is 0 Å². The molecule has 1 heterocycles. The Morgan fingerprint density at radius 3 is 2.30 bits per heavy atom. The number of hydrogen-bond donors (Lipinski definition) is 1. The van der Waals surface area contributed by atoms with Gasteiger partial charge in [-0.15, -0.1) is 10.2 Å². The fourth-order valence-corrected chi connectivity index (χ4v) is 2.44. The van der Waals surface area contributed by atoms with Gasteiger partial charge in [-0.25, -0.2) is 0 Å². The van der Waals surface area contributed by atoms with E-state index in [1.807, 2.05) is 18.2 Å². The zero-order chi connectivity index (χ0) is 14.5. The third kappa shape index (κ3) is 3.68. The van der Waals surface area contributed by atoms with Gasteiger partial charge in [-0.3, -0.25) is 0 Å². The van der Waals surface area contributed by atoms with E-state index in [-0.39, 0.29) is 0 Å². The first-order valence-electron chi connectivity index (χ1n) is 6.41. The highest BCUT2D eigenvalue weighted by atomic mass is 32.1. The lowest BCUT2D eigenvalue weighted by atomic mass is 10.2. The minimum atomic E-state index is 0.430.